The maximum atomic E-state index is 9.43. The van der Waals surface area contributed by atoms with E-state index in [1.54, 1.807) is 18.2 Å². The van der Waals surface area contributed by atoms with Crippen LogP contribution in [0.1, 0.15) is 5.56 Å². The minimum Gasteiger partial charge on any atom is -0.504 e. The van der Waals surface area contributed by atoms with Gasteiger partial charge in [0.2, 0.25) is 0 Å². The second-order valence-electron chi connectivity index (χ2n) is 3.16. The van der Waals surface area contributed by atoms with E-state index in [1.807, 2.05) is 30.3 Å². The molecule has 0 saturated heterocycles. The van der Waals surface area contributed by atoms with Gasteiger partial charge in [-0.25, -0.2) is 0 Å². The summed E-state index contributed by atoms with van der Waals surface area (Å²) in [6.07, 6.45) is 0. The van der Waals surface area contributed by atoms with Crippen LogP contribution in [0.15, 0.2) is 48.5 Å². The minimum absolute atomic E-state index is 0.119. The molecule has 2 aromatic carbocycles. The number of hydrogen-bond donors (Lipinski definition) is 1. The van der Waals surface area contributed by atoms with Crippen molar-refractivity contribution in [3.05, 3.63) is 60.2 Å². The zero-order valence-electron chi connectivity index (χ0n) is 8.18. The van der Waals surface area contributed by atoms with Crippen LogP contribution in [0.5, 0.6) is 11.5 Å². The zero-order chi connectivity index (χ0) is 10.5. The van der Waals surface area contributed by atoms with Crippen molar-refractivity contribution < 1.29 is 9.84 Å². The average Bonchev–Trinajstić information content (AvgIpc) is 2.29. The maximum absolute atomic E-state index is 9.43. The molecular formula is C13H11O2. The fraction of sp³-hybridized carbons (Fsp3) is 0.0769. The van der Waals surface area contributed by atoms with Crippen LogP contribution in [0, 0.1) is 6.07 Å². The summed E-state index contributed by atoms with van der Waals surface area (Å²) < 4.78 is 5.42. The number of ether oxygens (including phenoxy) is 1. The van der Waals surface area contributed by atoms with Gasteiger partial charge in [-0.3, -0.25) is 0 Å². The first-order valence-electron chi connectivity index (χ1n) is 4.72. The highest BCUT2D eigenvalue weighted by molar-refractivity contribution is 5.37. The number of aromatic hydroxyl groups is 1. The van der Waals surface area contributed by atoms with E-state index in [4.69, 9.17) is 4.74 Å². The van der Waals surface area contributed by atoms with Crippen LogP contribution in [0.2, 0.25) is 0 Å². The van der Waals surface area contributed by atoms with Gasteiger partial charge in [-0.05, 0) is 11.6 Å². The Hall–Kier alpha value is -1.96. The summed E-state index contributed by atoms with van der Waals surface area (Å²) in [5, 5.41) is 9.43. The molecular weight excluding hydrogens is 188 g/mol. The van der Waals surface area contributed by atoms with Crippen molar-refractivity contribution in [1.29, 1.82) is 0 Å². The first-order chi connectivity index (χ1) is 7.36. The first kappa shape index (κ1) is 9.59. The van der Waals surface area contributed by atoms with Crippen molar-refractivity contribution in [2.45, 2.75) is 6.61 Å². The maximum Gasteiger partial charge on any atom is 0.169 e. The summed E-state index contributed by atoms with van der Waals surface area (Å²) in [5.74, 6) is 0.509. The van der Waals surface area contributed by atoms with Crippen LogP contribution in [-0.2, 0) is 6.61 Å². The van der Waals surface area contributed by atoms with E-state index in [0.29, 0.717) is 12.4 Å². The second-order valence-corrected chi connectivity index (χ2v) is 3.16. The lowest BCUT2D eigenvalue weighted by molar-refractivity contribution is 0.288. The van der Waals surface area contributed by atoms with Gasteiger partial charge in [0.1, 0.15) is 6.61 Å². The van der Waals surface area contributed by atoms with Crippen LogP contribution in [-0.4, -0.2) is 5.11 Å². The number of rotatable bonds is 3. The van der Waals surface area contributed by atoms with E-state index in [9.17, 15) is 5.11 Å². The molecule has 0 unspecified atom stereocenters. The fourth-order valence-electron chi connectivity index (χ4n) is 1.26. The van der Waals surface area contributed by atoms with Gasteiger partial charge in [-0.1, -0.05) is 42.5 Å². The van der Waals surface area contributed by atoms with Gasteiger partial charge in [0.25, 0.3) is 0 Å². The van der Waals surface area contributed by atoms with E-state index >= 15 is 0 Å². The van der Waals surface area contributed by atoms with Gasteiger partial charge in [0.15, 0.2) is 11.5 Å². The third-order valence-corrected chi connectivity index (χ3v) is 2.02. The van der Waals surface area contributed by atoms with Gasteiger partial charge in [0.05, 0.1) is 0 Å². The molecule has 1 N–H and O–H groups in total. The topological polar surface area (TPSA) is 29.5 Å². The minimum atomic E-state index is 0.119. The monoisotopic (exact) mass is 199 g/mol. The number of hydrogen-bond acceptors (Lipinski definition) is 2. The molecule has 2 rings (SSSR count). The van der Waals surface area contributed by atoms with Gasteiger partial charge >= 0.3 is 0 Å². The summed E-state index contributed by atoms with van der Waals surface area (Å²) in [5.41, 5.74) is 1.06. The highest BCUT2D eigenvalue weighted by Crippen LogP contribution is 2.24. The Kier molecular flexibility index (Phi) is 2.88. The van der Waals surface area contributed by atoms with E-state index in [-0.39, 0.29) is 5.75 Å². The molecule has 2 heteroatoms. The fourth-order valence-corrected chi connectivity index (χ4v) is 1.26. The van der Waals surface area contributed by atoms with Crippen LogP contribution in [0.4, 0.5) is 0 Å². The number of phenols is 1. The summed E-state index contributed by atoms with van der Waals surface area (Å²) >= 11 is 0. The standard InChI is InChI=1S/C13H11O2/c14-12-8-4-5-9-13(12)15-10-11-6-2-1-3-7-11/h1-8,14H,10H2. The van der Waals surface area contributed by atoms with Crippen molar-refractivity contribution in [3.8, 4) is 11.5 Å². The van der Waals surface area contributed by atoms with Crippen LogP contribution in [0.25, 0.3) is 0 Å². The zero-order valence-corrected chi connectivity index (χ0v) is 8.18. The van der Waals surface area contributed by atoms with E-state index < -0.39 is 0 Å². The lowest BCUT2D eigenvalue weighted by atomic mass is 10.2. The third kappa shape index (κ3) is 2.50. The van der Waals surface area contributed by atoms with Crippen molar-refractivity contribution >= 4 is 0 Å². The predicted octanol–water partition coefficient (Wildman–Crippen LogP) is 2.77. The van der Waals surface area contributed by atoms with E-state index in [1.165, 1.54) is 0 Å². The molecule has 0 aliphatic carbocycles. The first-order valence-corrected chi connectivity index (χ1v) is 4.72. The lowest BCUT2D eigenvalue weighted by Gasteiger charge is -2.06. The molecule has 15 heavy (non-hydrogen) atoms. The highest BCUT2D eigenvalue weighted by atomic mass is 16.5. The summed E-state index contributed by atoms with van der Waals surface area (Å²) in [6, 6.07) is 17.6. The largest absolute Gasteiger partial charge is 0.504 e. The molecule has 0 amide bonds. The van der Waals surface area contributed by atoms with Crippen LogP contribution < -0.4 is 4.74 Å². The molecule has 0 bridgehead atoms. The lowest BCUT2D eigenvalue weighted by Crippen LogP contribution is -1.94. The van der Waals surface area contributed by atoms with E-state index in [0.717, 1.165) is 5.56 Å². The van der Waals surface area contributed by atoms with Gasteiger partial charge in [-0.15, -0.1) is 0 Å². The Labute approximate surface area is 88.8 Å². The van der Waals surface area contributed by atoms with Gasteiger partial charge in [-0.2, -0.15) is 0 Å². The predicted molar refractivity (Wildman–Crippen MR) is 57.7 cm³/mol. The second kappa shape index (κ2) is 4.51. The summed E-state index contributed by atoms with van der Waals surface area (Å²) in [4.78, 5) is 0. The number of benzene rings is 2. The van der Waals surface area contributed by atoms with Crippen molar-refractivity contribution in [2.75, 3.05) is 0 Å². The average molecular weight is 199 g/mol. The van der Waals surface area contributed by atoms with Gasteiger partial charge < -0.3 is 9.84 Å². The van der Waals surface area contributed by atoms with Crippen molar-refractivity contribution in [1.82, 2.24) is 0 Å². The highest BCUT2D eigenvalue weighted by Gasteiger charge is 2.00. The Balaban J connectivity index is 2.03. The molecule has 0 saturated carbocycles. The molecule has 0 aliphatic heterocycles. The molecule has 0 aromatic heterocycles. The molecule has 0 aliphatic rings. The summed E-state index contributed by atoms with van der Waals surface area (Å²) in [6.45, 7) is 0.439. The molecule has 0 fully saturated rings. The molecule has 0 spiro atoms. The Morgan fingerprint density at radius 2 is 1.87 bits per heavy atom. The van der Waals surface area contributed by atoms with E-state index in [2.05, 4.69) is 6.07 Å². The Morgan fingerprint density at radius 3 is 2.60 bits per heavy atom. The SMILES string of the molecule is Oc1ccc[c]c1OCc1ccccc1. The molecule has 2 aromatic rings. The van der Waals surface area contributed by atoms with Crippen molar-refractivity contribution in [2.24, 2.45) is 0 Å². The summed E-state index contributed by atoms with van der Waals surface area (Å²) in [7, 11) is 0. The Bertz CT molecular complexity index is 424. The quantitative estimate of drug-likeness (QED) is 0.823. The van der Waals surface area contributed by atoms with Crippen LogP contribution >= 0.6 is 0 Å². The molecule has 0 heterocycles. The third-order valence-electron chi connectivity index (χ3n) is 2.02. The van der Waals surface area contributed by atoms with Crippen molar-refractivity contribution in [3.63, 3.8) is 0 Å². The Morgan fingerprint density at radius 1 is 1.07 bits per heavy atom. The van der Waals surface area contributed by atoms with Crippen LogP contribution in [0.3, 0.4) is 0 Å². The number of para-hydroxylation sites is 1. The molecule has 0 atom stereocenters. The smallest absolute Gasteiger partial charge is 0.169 e. The number of phenolic OH excluding ortho intramolecular Hbond substituents is 1. The molecule has 75 valence electrons. The molecule has 2 nitrogen and oxygen atoms in total. The van der Waals surface area contributed by atoms with Gasteiger partial charge in [0, 0.05) is 6.07 Å². The normalized spacial score (nSPS) is 9.87. The molecule has 1 radical (unpaired) electrons.